The third-order valence-electron chi connectivity index (χ3n) is 9.92. The van der Waals surface area contributed by atoms with Crippen LogP contribution in [0.25, 0.3) is 0 Å². The molecule has 0 bridgehead atoms. The molecule has 5 unspecified atom stereocenters. The Balaban J connectivity index is 1.69. The van der Waals surface area contributed by atoms with Gasteiger partial charge in [0.25, 0.3) is 0 Å². The lowest BCUT2D eigenvalue weighted by atomic mass is 9.74. The molecule has 0 aromatic carbocycles. The van der Waals surface area contributed by atoms with E-state index in [1.165, 1.54) is 25.7 Å². The van der Waals surface area contributed by atoms with Crippen molar-refractivity contribution in [1.29, 1.82) is 0 Å². The highest BCUT2D eigenvalue weighted by Gasteiger charge is 2.38. The molecule has 244 valence electrons. The molecule has 0 radical (unpaired) electrons. The van der Waals surface area contributed by atoms with Gasteiger partial charge in [0.2, 0.25) is 17.7 Å². The number of nitrogens with zero attached hydrogens (tertiary/aromatic N) is 2. The van der Waals surface area contributed by atoms with Crippen LogP contribution in [-0.2, 0) is 14.4 Å². The Morgan fingerprint density at radius 3 is 2.05 bits per heavy atom. The van der Waals surface area contributed by atoms with Crippen LogP contribution in [0.5, 0.6) is 0 Å². The zero-order valence-corrected chi connectivity index (χ0v) is 27.5. The Hall–Kier alpha value is -2.11. The van der Waals surface area contributed by atoms with Crippen LogP contribution in [0.4, 0.5) is 0 Å². The lowest BCUT2D eigenvalue weighted by Gasteiger charge is -2.37. The van der Waals surface area contributed by atoms with Crippen LogP contribution in [0, 0.1) is 41.4 Å². The van der Waals surface area contributed by atoms with Crippen molar-refractivity contribution in [2.75, 3.05) is 26.7 Å². The lowest BCUT2D eigenvalue weighted by molar-refractivity contribution is -0.139. The quantitative estimate of drug-likeness (QED) is 0.191. The summed E-state index contributed by atoms with van der Waals surface area (Å²) < 4.78 is 0. The molecule has 0 spiro atoms. The molecule has 0 aromatic heterocycles. The number of rotatable bonds is 14. The topological polar surface area (TPSA) is 102 Å². The van der Waals surface area contributed by atoms with Gasteiger partial charge in [-0.25, -0.2) is 5.01 Å². The van der Waals surface area contributed by atoms with Crippen molar-refractivity contribution < 1.29 is 19.5 Å². The lowest BCUT2D eigenvalue weighted by Crippen LogP contribution is -2.54. The molecule has 3 amide bonds. The van der Waals surface area contributed by atoms with Gasteiger partial charge in [-0.1, -0.05) is 65.2 Å². The third kappa shape index (κ3) is 11.4. The number of aliphatic hydroxyl groups excluding tert-OH is 1. The van der Waals surface area contributed by atoms with Crippen LogP contribution in [-0.4, -0.2) is 71.6 Å². The minimum atomic E-state index is -0.820. The van der Waals surface area contributed by atoms with E-state index in [0.717, 1.165) is 70.9 Å². The van der Waals surface area contributed by atoms with E-state index in [1.807, 2.05) is 11.8 Å². The van der Waals surface area contributed by atoms with Gasteiger partial charge in [0, 0.05) is 50.4 Å². The van der Waals surface area contributed by atoms with E-state index in [4.69, 9.17) is 0 Å². The molecule has 0 heterocycles. The zero-order valence-electron chi connectivity index (χ0n) is 27.5. The number of nitrogens with one attached hydrogen (secondary N) is 2. The van der Waals surface area contributed by atoms with Gasteiger partial charge in [0.1, 0.15) is 0 Å². The van der Waals surface area contributed by atoms with Crippen molar-refractivity contribution in [2.45, 2.75) is 136 Å². The molecule has 3 rings (SSSR count). The van der Waals surface area contributed by atoms with Crippen LogP contribution in [0.15, 0.2) is 0 Å². The standard InChI is InChI=1S/C35H60N4O4/c1-5-14-27-21-29(24-30(22-27)35(43)39(19-6-2)20-7-3)33(41)36-31(23-26-15-10-8-11-16-26)32(40)25-38(4)37-34(42)28-17-12-9-13-18-28/h26-32,40H,6-13,15-25H2,1-4H3,(H,36,41)(H,37,42). The number of aliphatic hydroxyl groups is 1. The molecule has 0 aliphatic heterocycles. The molecule has 5 atom stereocenters. The Bertz CT molecular complexity index is 928. The Kier molecular flexibility index (Phi) is 15.3. The Morgan fingerprint density at radius 1 is 0.837 bits per heavy atom. The second-order valence-corrected chi connectivity index (χ2v) is 13.6. The minimum Gasteiger partial charge on any atom is -0.390 e. The van der Waals surface area contributed by atoms with Crippen molar-refractivity contribution in [3.8, 4) is 11.8 Å². The fourth-order valence-electron chi connectivity index (χ4n) is 7.68. The van der Waals surface area contributed by atoms with E-state index in [1.54, 1.807) is 12.1 Å². The number of hydrogen-bond donors (Lipinski definition) is 3. The monoisotopic (exact) mass is 600 g/mol. The van der Waals surface area contributed by atoms with Gasteiger partial charge in [-0.2, -0.15) is 0 Å². The van der Waals surface area contributed by atoms with E-state index >= 15 is 0 Å². The first kappa shape index (κ1) is 35.4. The summed E-state index contributed by atoms with van der Waals surface area (Å²) in [5.74, 6) is 6.39. The predicted octanol–water partition coefficient (Wildman–Crippen LogP) is 5.05. The van der Waals surface area contributed by atoms with E-state index in [2.05, 4.69) is 36.4 Å². The first-order valence-corrected chi connectivity index (χ1v) is 17.5. The highest BCUT2D eigenvalue weighted by molar-refractivity contribution is 5.83. The molecule has 43 heavy (non-hydrogen) atoms. The fraction of sp³-hybridized carbons (Fsp3) is 0.857. The smallest absolute Gasteiger partial charge is 0.237 e. The van der Waals surface area contributed by atoms with E-state index in [9.17, 15) is 19.5 Å². The van der Waals surface area contributed by atoms with Gasteiger partial charge < -0.3 is 15.3 Å². The van der Waals surface area contributed by atoms with Gasteiger partial charge in [-0.05, 0) is 64.2 Å². The molecule has 8 heteroatoms. The second kappa shape index (κ2) is 18.6. The fourth-order valence-corrected chi connectivity index (χ4v) is 7.68. The second-order valence-electron chi connectivity index (χ2n) is 13.6. The maximum atomic E-state index is 13.9. The van der Waals surface area contributed by atoms with Crippen molar-refractivity contribution in [1.82, 2.24) is 20.7 Å². The number of carbonyl (C=O) groups is 3. The summed E-state index contributed by atoms with van der Waals surface area (Å²) in [5, 5.41) is 16.4. The van der Waals surface area contributed by atoms with Crippen LogP contribution < -0.4 is 10.7 Å². The summed E-state index contributed by atoms with van der Waals surface area (Å²) in [5.41, 5.74) is 2.99. The largest absolute Gasteiger partial charge is 0.390 e. The van der Waals surface area contributed by atoms with Gasteiger partial charge in [0.15, 0.2) is 0 Å². The summed E-state index contributed by atoms with van der Waals surface area (Å²) in [6, 6.07) is -0.409. The first-order valence-electron chi connectivity index (χ1n) is 17.5. The molecule has 3 aliphatic carbocycles. The molecular weight excluding hydrogens is 540 g/mol. The van der Waals surface area contributed by atoms with Crippen molar-refractivity contribution in [3.05, 3.63) is 0 Å². The molecular formula is C35H60N4O4. The summed E-state index contributed by atoms with van der Waals surface area (Å²) in [4.78, 5) is 42.2. The van der Waals surface area contributed by atoms with Crippen molar-refractivity contribution in [3.63, 3.8) is 0 Å². The number of hydrazine groups is 1. The molecule has 0 aromatic rings. The van der Waals surface area contributed by atoms with Crippen LogP contribution in [0.2, 0.25) is 0 Å². The summed E-state index contributed by atoms with van der Waals surface area (Å²) >= 11 is 0. The molecule has 3 aliphatic rings. The maximum Gasteiger partial charge on any atom is 0.237 e. The van der Waals surface area contributed by atoms with E-state index in [-0.39, 0.29) is 47.9 Å². The van der Waals surface area contributed by atoms with Gasteiger partial charge in [-0.3, -0.25) is 19.8 Å². The molecule has 8 nitrogen and oxygen atoms in total. The van der Waals surface area contributed by atoms with Crippen molar-refractivity contribution in [2.24, 2.45) is 29.6 Å². The van der Waals surface area contributed by atoms with E-state index in [0.29, 0.717) is 25.2 Å². The highest BCUT2D eigenvalue weighted by atomic mass is 16.3. The van der Waals surface area contributed by atoms with Crippen LogP contribution >= 0.6 is 0 Å². The normalized spacial score (nSPS) is 24.8. The maximum absolute atomic E-state index is 13.9. The van der Waals surface area contributed by atoms with Crippen LogP contribution in [0.1, 0.15) is 124 Å². The molecule has 3 fully saturated rings. The SMILES string of the molecule is CC#CC1CC(C(=O)NC(CC2CCCCC2)C(O)CN(C)NC(=O)C2CCCCC2)CC(C(=O)N(CCC)CCC)C1. The number of hydrogen-bond acceptors (Lipinski definition) is 5. The van der Waals surface area contributed by atoms with Gasteiger partial charge in [-0.15, -0.1) is 11.8 Å². The average molecular weight is 601 g/mol. The average Bonchev–Trinajstić information content (AvgIpc) is 3.01. The summed E-state index contributed by atoms with van der Waals surface area (Å²) in [6.07, 6.45) is 14.7. The van der Waals surface area contributed by atoms with Gasteiger partial charge in [0.05, 0.1) is 12.1 Å². The third-order valence-corrected chi connectivity index (χ3v) is 9.92. The Morgan fingerprint density at radius 2 is 1.44 bits per heavy atom. The molecule has 3 saturated carbocycles. The van der Waals surface area contributed by atoms with E-state index < -0.39 is 12.1 Å². The summed E-state index contributed by atoms with van der Waals surface area (Å²) in [7, 11) is 1.80. The number of likely N-dealkylation sites (N-methyl/N-ethyl adjacent to an activating group) is 1. The van der Waals surface area contributed by atoms with Gasteiger partial charge >= 0.3 is 0 Å². The minimum absolute atomic E-state index is 0.0106. The first-order chi connectivity index (χ1) is 20.7. The van der Waals surface area contributed by atoms with Crippen molar-refractivity contribution >= 4 is 17.7 Å². The van der Waals surface area contributed by atoms with Crippen LogP contribution in [0.3, 0.4) is 0 Å². The number of carbonyl (C=O) groups excluding carboxylic acids is 3. The molecule has 3 N–H and O–H groups in total. The summed E-state index contributed by atoms with van der Waals surface area (Å²) in [6.45, 7) is 7.73. The molecule has 0 saturated heterocycles. The number of amides is 3. The highest BCUT2D eigenvalue weighted by Crippen LogP contribution is 2.35. The zero-order chi connectivity index (χ0) is 31.2. The Labute approximate surface area is 261 Å². The predicted molar refractivity (Wildman–Crippen MR) is 171 cm³/mol.